The second kappa shape index (κ2) is 7.24. The number of benzene rings is 2. The van der Waals surface area contributed by atoms with Crippen LogP contribution in [0, 0.1) is 0 Å². The third kappa shape index (κ3) is 2.75. The first kappa shape index (κ1) is 21.3. The Bertz CT molecular complexity index is 924. The number of carbonyl (C=O) groups excluding carboxylic acids is 1. The van der Waals surface area contributed by atoms with Crippen molar-refractivity contribution in [3.05, 3.63) is 36.4 Å². The molecule has 0 spiro atoms. The Morgan fingerprint density at radius 3 is 2.54 bits per heavy atom. The second-order valence-corrected chi connectivity index (χ2v) is 10.5. The van der Waals surface area contributed by atoms with Crippen LogP contribution in [0.4, 0.5) is 5.69 Å². The van der Waals surface area contributed by atoms with Gasteiger partial charge >= 0.3 is 21.7 Å². The van der Waals surface area contributed by atoms with Crippen LogP contribution in [0.15, 0.2) is 36.4 Å². The van der Waals surface area contributed by atoms with Crippen molar-refractivity contribution < 1.29 is 56.4 Å². The van der Waals surface area contributed by atoms with Gasteiger partial charge in [0.25, 0.3) is 0 Å². The first-order valence-electron chi connectivity index (χ1n) is 7.11. The SMILES string of the molecule is C[Si]1(C)c2cc3c([cH-]c4ccccc43)c1c2NC(=O)CO.[Cl-].[Cl-].[Ti+3]. The molecule has 2 aliphatic heterocycles. The molecule has 2 bridgehead atoms. The fourth-order valence-corrected chi connectivity index (χ4v) is 6.72. The van der Waals surface area contributed by atoms with Crippen molar-refractivity contribution in [3.8, 4) is 0 Å². The summed E-state index contributed by atoms with van der Waals surface area (Å²) in [5, 5.41) is 19.5. The van der Waals surface area contributed by atoms with Gasteiger partial charge in [-0.15, -0.1) is 33.7 Å². The van der Waals surface area contributed by atoms with Crippen molar-refractivity contribution in [2.24, 2.45) is 0 Å². The first-order chi connectivity index (χ1) is 10.0. The largest absolute Gasteiger partial charge is 3.00 e. The molecular formula is C17H16Cl2NO2SiTi. The Morgan fingerprint density at radius 1 is 1.21 bits per heavy atom. The van der Waals surface area contributed by atoms with Crippen LogP contribution in [-0.2, 0) is 26.5 Å². The van der Waals surface area contributed by atoms with Crippen LogP contribution in [0.2, 0.25) is 13.1 Å². The maximum Gasteiger partial charge on any atom is 3.00 e. The number of fused-ring (bicyclic) bond motifs is 1. The monoisotopic (exact) mass is 412 g/mol. The Labute approximate surface area is 168 Å². The van der Waals surface area contributed by atoms with E-state index < -0.39 is 14.7 Å². The molecule has 0 unspecified atom stereocenters. The van der Waals surface area contributed by atoms with Gasteiger partial charge in [-0.3, -0.25) is 4.79 Å². The molecule has 2 N–H and O–H groups in total. The average Bonchev–Trinajstić information content (AvgIpc) is 2.84. The molecule has 0 aromatic heterocycles. The molecule has 123 valence electrons. The Morgan fingerprint density at radius 2 is 1.88 bits per heavy atom. The van der Waals surface area contributed by atoms with Crippen LogP contribution < -0.4 is 40.5 Å². The number of aliphatic hydroxyl groups is 1. The summed E-state index contributed by atoms with van der Waals surface area (Å²) in [5.74, 6) is -0.336. The van der Waals surface area contributed by atoms with E-state index in [4.69, 9.17) is 5.11 Å². The first-order valence-corrected chi connectivity index (χ1v) is 10.1. The summed E-state index contributed by atoms with van der Waals surface area (Å²) in [7, 11) is -1.61. The molecule has 3 nitrogen and oxygen atoms in total. The predicted octanol–water partition coefficient (Wildman–Crippen LogP) is -4.22. The van der Waals surface area contributed by atoms with Gasteiger partial charge in [0.15, 0.2) is 0 Å². The van der Waals surface area contributed by atoms with Crippen molar-refractivity contribution in [2.75, 3.05) is 11.9 Å². The van der Waals surface area contributed by atoms with E-state index in [-0.39, 0.29) is 52.4 Å². The van der Waals surface area contributed by atoms with E-state index in [0.717, 1.165) is 5.69 Å². The van der Waals surface area contributed by atoms with Crippen molar-refractivity contribution in [2.45, 2.75) is 13.1 Å². The van der Waals surface area contributed by atoms with Gasteiger partial charge in [0.05, 0.1) is 8.07 Å². The molecule has 2 aliphatic rings. The molecular weight excluding hydrogens is 397 g/mol. The zero-order valence-electron chi connectivity index (χ0n) is 13.3. The molecule has 0 fully saturated rings. The summed E-state index contributed by atoms with van der Waals surface area (Å²) in [5.41, 5.74) is 0.938. The summed E-state index contributed by atoms with van der Waals surface area (Å²) in [6.45, 7) is 4.15. The van der Waals surface area contributed by atoms with Gasteiger partial charge in [-0.25, -0.2) is 0 Å². The summed E-state index contributed by atoms with van der Waals surface area (Å²) >= 11 is 0. The molecule has 2 heterocycles. The molecule has 0 saturated carbocycles. The van der Waals surface area contributed by atoms with Crippen molar-refractivity contribution >= 4 is 51.6 Å². The molecule has 0 saturated heterocycles. The zero-order valence-corrected chi connectivity index (χ0v) is 17.4. The quantitative estimate of drug-likeness (QED) is 0.331. The van der Waals surface area contributed by atoms with E-state index in [2.05, 4.69) is 54.8 Å². The van der Waals surface area contributed by atoms with Crippen molar-refractivity contribution in [1.29, 1.82) is 0 Å². The summed E-state index contributed by atoms with van der Waals surface area (Å²) < 4.78 is 0. The van der Waals surface area contributed by atoms with Gasteiger partial charge in [0.2, 0.25) is 5.91 Å². The van der Waals surface area contributed by atoms with Crippen LogP contribution >= 0.6 is 0 Å². The van der Waals surface area contributed by atoms with Gasteiger partial charge in [-0.1, -0.05) is 47.7 Å². The minimum absolute atomic E-state index is 0. The maximum absolute atomic E-state index is 11.5. The Kier molecular flexibility index (Phi) is 6.43. The van der Waals surface area contributed by atoms with Gasteiger partial charge < -0.3 is 35.2 Å². The van der Waals surface area contributed by atoms with Crippen LogP contribution in [0.5, 0.6) is 0 Å². The molecule has 24 heavy (non-hydrogen) atoms. The van der Waals surface area contributed by atoms with Crippen molar-refractivity contribution in [3.63, 3.8) is 0 Å². The minimum Gasteiger partial charge on any atom is -1.00 e. The molecule has 1 radical (unpaired) electrons. The molecule has 1 amide bonds. The Hall–Kier alpha value is -0.749. The minimum atomic E-state index is -1.61. The van der Waals surface area contributed by atoms with Crippen molar-refractivity contribution in [1.82, 2.24) is 0 Å². The van der Waals surface area contributed by atoms with E-state index in [9.17, 15) is 4.79 Å². The van der Waals surface area contributed by atoms with Gasteiger partial charge in [0.1, 0.15) is 6.61 Å². The third-order valence-corrected chi connectivity index (χ3v) is 8.14. The number of hydrogen-bond donors (Lipinski definition) is 2. The summed E-state index contributed by atoms with van der Waals surface area (Å²) in [4.78, 5) is 11.5. The summed E-state index contributed by atoms with van der Waals surface area (Å²) in [6, 6.07) is 12.9. The fraction of sp³-hybridized carbons (Fsp3) is 0.176. The van der Waals surface area contributed by atoms with E-state index in [1.54, 1.807) is 0 Å². The van der Waals surface area contributed by atoms with Crippen LogP contribution in [0.1, 0.15) is 0 Å². The molecule has 5 rings (SSSR count). The topological polar surface area (TPSA) is 49.3 Å². The maximum atomic E-state index is 11.5. The van der Waals surface area contributed by atoms with Crippen LogP contribution in [0.25, 0.3) is 21.5 Å². The second-order valence-electron chi connectivity index (χ2n) is 6.20. The molecule has 3 aromatic rings. The van der Waals surface area contributed by atoms with Gasteiger partial charge in [-0.05, 0) is 0 Å². The number of hydrogen-bond acceptors (Lipinski definition) is 2. The number of anilines is 1. The summed E-state index contributed by atoms with van der Waals surface area (Å²) in [6.07, 6.45) is 0. The van der Waals surface area contributed by atoms with E-state index in [1.807, 2.05) is 0 Å². The normalized spacial score (nSPS) is 13.3. The zero-order chi connectivity index (χ0) is 14.8. The number of rotatable bonds is 2. The number of halogens is 2. The van der Waals surface area contributed by atoms with Crippen LogP contribution in [0.3, 0.4) is 0 Å². The smallest absolute Gasteiger partial charge is 1.00 e. The standard InChI is InChI=1S/C17H16NO2Si.2ClH.Ti/c1-21(2)14-8-12-11-6-4-3-5-10(11)7-13(12)17(21)16(14)18-15(20)9-19;;;/h3-8,19H,9H2,1-2H3,(H,18,20);2*1H;/q-1;;;+3/p-2. The molecule has 3 aromatic carbocycles. The van der Waals surface area contributed by atoms with E-state index in [1.165, 1.54) is 31.9 Å². The number of carbonyl (C=O) groups is 1. The Balaban J connectivity index is 0.000000960. The van der Waals surface area contributed by atoms with E-state index in [0.29, 0.717) is 0 Å². The average molecular weight is 413 g/mol. The van der Waals surface area contributed by atoms with Gasteiger partial charge in [0, 0.05) is 5.69 Å². The number of amides is 1. The molecule has 7 heteroatoms. The number of nitrogens with one attached hydrogen (secondary N) is 1. The molecule has 0 aliphatic carbocycles. The number of aliphatic hydroxyl groups excluding tert-OH is 1. The van der Waals surface area contributed by atoms with E-state index >= 15 is 0 Å². The predicted molar refractivity (Wildman–Crippen MR) is 89.5 cm³/mol. The third-order valence-electron chi connectivity index (χ3n) is 4.62. The fourth-order valence-electron chi connectivity index (χ4n) is 3.62. The van der Waals surface area contributed by atoms with Gasteiger partial charge in [-0.2, -0.15) is 0 Å². The molecule has 0 atom stereocenters. The van der Waals surface area contributed by atoms with Crippen LogP contribution in [-0.4, -0.2) is 25.7 Å².